The van der Waals surface area contributed by atoms with Crippen molar-refractivity contribution in [2.24, 2.45) is 0 Å². The van der Waals surface area contributed by atoms with Crippen molar-refractivity contribution in [1.29, 1.82) is 0 Å². The van der Waals surface area contributed by atoms with Crippen LogP contribution >= 0.6 is 11.3 Å². The van der Waals surface area contributed by atoms with Crippen LogP contribution in [0.2, 0.25) is 0 Å². The van der Waals surface area contributed by atoms with Crippen molar-refractivity contribution >= 4 is 11.3 Å². The van der Waals surface area contributed by atoms with E-state index in [1.807, 2.05) is 11.3 Å². The number of rotatable bonds is 6. The second-order valence-corrected chi connectivity index (χ2v) is 7.87. The summed E-state index contributed by atoms with van der Waals surface area (Å²) in [6.07, 6.45) is 5.38. The highest BCUT2D eigenvalue weighted by molar-refractivity contribution is 7.11. The zero-order chi connectivity index (χ0) is 14.7. The number of nitrogens with zero attached hydrogens (tertiary/aromatic N) is 2. The highest BCUT2D eigenvalue weighted by Gasteiger charge is 2.34. The zero-order valence-corrected chi connectivity index (χ0v) is 14.3. The van der Waals surface area contributed by atoms with Crippen LogP contribution in [0.3, 0.4) is 0 Å². The van der Waals surface area contributed by atoms with E-state index in [0.717, 1.165) is 31.7 Å². The average Bonchev–Trinajstić information content (AvgIpc) is 2.99. The quantitative estimate of drug-likeness (QED) is 0.815. The fraction of sp³-hybridized carbons (Fsp3) is 0.765. The standard InChI is InChI=1S/C17H29N3S/c1-3-9-18-11-16-6-7-17(21-16)13-20-10-8-14-4-5-15(12-20)19(14)2/h6-7,14-15,18H,3-5,8-13H2,1-2H3. The molecule has 2 fully saturated rings. The summed E-state index contributed by atoms with van der Waals surface area (Å²) in [6, 6.07) is 6.28. The first-order valence-corrected chi connectivity index (χ1v) is 9.30. The average molecular weight is 308 g/mol. The molecule has 1 aromatic heterocycles. The normalized spacial score (nSPS) is 27.1. The van der Waals surface area contributed by atoms with E-state index in [1.54, 1.807) is 0 Å². The molecule has 0 spiro atoms. The Labute approximate surface area is 133 Å². The first-order valence-electron chi connectivity index (χ1n) is 8.49. The Bertz CT molecular complexity index is 445. The largest absolute Gasteiger partial charge is 0.312 e. The molecule has 4 heteroatoms. The van der Waals surface area contributed by atoms with Gasteiger partial charge < -0.3 is 5.32 Å². The number of hydrogen-bond donors (Lipinski definition) is 1. The van der Waals surface area contributed by atoms with Crippen LogP contribution in [-0.4, -0.2) is 48.6 Å². The van der Waals surface area contributed by atoms with Gasteiger partial charge in [-0.1, -0.05) is 6.92 Å². The molecule has 0 aromatic carbocycles. The van der Waals surface area contributed by atoms with Gasteiger partial charge in [0.1, 0.15) is 0 Å². The molecule has 2 unspecified atom stereocenters. The molecule has 21 heavy (non-hydrogen) atoms. The van der Waals surface area contributed by atoms with Crippen LogP contribution < -0.4 is 5.32 Å². The van der Waals surface area contributed by atoms with E-state index in [1.165, 1.54) is 48.5 Å². The van der Waals surface area contributed by atoms with Gasteiger partial charge in [0.25, 0.3) is 0 Å². The zero-order valence-electron chi connectivity index (χ0n) is 13.5. The van der Waals surface area contributed by atoms with E-state index in [2.05, 4.69) is 41.2 Å². The Kier molecular flexibility index (Phi) is 5.33. The Morgan fingerprint density at radius 2 is 2.00 bits per heavy atom. The molecule has 3 rings (SSSR count). The molecule has 2 atom stereocenters. The topological polar surface area (TPSA) is 18.5 Å². The van der Waals surface area contributed by atoms with Crippen molar-refractivity contribution in [3.8, 4) is 0 Å². The molecule has 1 N–H and O–H groups in total. The Hall–Kier alpha value is -0.420. The lowest BCUT2D eigenvalue weighted by molar-refractivity contribution is 0.215. The minimum atomic E-state index is 0.795. The molecule has 0 aliphatic carbocycles. The minimum Gasteiger partial charge on any atom is -0.312 e. The SMILES string of the molecule is CCCNCc1ccc(CN2CCC3CCC(C2)N3C)s1. The lowest BCUT2D eigenvalue weighted by Crippen LogP contribution is -2.36. The minimum absolute atomic E-state index is 0.795. The molecule has 0 radical (unpaired) electrons. The summed E-state index contributed by atoms with van der Waals surface area (Å²) in [5, 5.41) is 3.50. The number of hydrogen-bond acceptors (Lipinski definition) is 4. The maximum absolute atomic E-state index is 3.50. The monoisotopic (exact) mass is 307 g/mol. The number of thiophene rings is 1. The molecule has 2 saturated heterocycles. The first kappa shape index (κ1) is 15.5. The summed E-state index contributed by atoms with van der Waals surface area (Å²) in [5.41, 5.74) is 0. The van der Waals surface area contributed by atoms with E-state index >= 15 is 0 Å². The van der Waals surface area contributed by atoms with Crippen LogP contribution in [0.1, 0.15) is 42.4 Å². The molecule has 0 saturated carbocycles. The molecule has 3 heterocycles. The van der Waals surface area contributed by atoms with Crippen LogP contribution in [0.5, 0.6) is 0 Å². The second kappa shape index (κ2) is 7.23. The van der Waals surface area contributed by atoms with E-state index in [4.69, 9.17) is 0 Å². The Morgan fingerprint density at radius 1 is 1.19 bits per heavy atom. The van der Waals surface area contributed by atoms with Crippen molar-refractivity contribution in [2.75, 3.05) is 26.7 Å². The van der Waals surface area contributed by atoms with Crippen molar-refractivity contribution in [1.82, 2.24) is 15.1 Å². The molecular weight excluding hydrogens is 278 g/mol. The second-order valence-electron chi connectivity index (χ2n) is 6.62. The number of fused-ring (bicyclic) bond motifs is 2. The summed E-state index contributed by atoms with van der Waals surface area (Å²) in [7, 11) is 2.33. The lowest BCUT2D eigenvalue weighted by Gasteiger charge is -2.25. The van der Waals surface area contributed by atoms with Gasteiger partial charge in [0.2, 0.25) is 0 Å². The fourth-order valence-electron chi connectivity index (χ4n) is 3.73. The highest BCUT2D eigenvalue weighted by Crippen LogP contribution is 2.29. The number of likely N-dealkylation sites (tertiary alicyclic amines) is 1. The smallest absolute Gasteiger partial charge is 0.0328 e. The first-order chi connectivity index (χ1) is 10.3. The lowest BCUT2D eigenvalue weighted by atomic mass is 10.1. The van der Waals surface area contributed by atoms with Gasteiger partial charge in [0.15, 0.2) is 0 Å². The Morgan fingerprint density at radius 3 is 2.86 bits per heavy atom. The summed E-state index contributed by atoms with van der Waals surface area (Å²) in [4.78, 5) is 8.32. The van der Waals surface area contributed by atoms with Crippen LogP contribution in [0, 0.1) is 0 Å². The predicted molar refractivity (Wildman–Crippen MR) is 90.8 cm³/mol. The van der Waals surface area contributed by atoms with Crippen LogP contribution in [-0.2, 0) is 13.1 Å². The van der Waals surface area contributed by atoms with E-state index in [-0.39, 0.29) is 0 Å². The van der Waals surface area contributed by atoms with Gasteiger partial charge in [-0.25, -0.2) is 0 Å². The maximum Gasteiger partial charge on any atom is 0.0328 e. The molecule has 2 aliphatic heterocycles. The summed E-state index contributed by atoms with van der Waals surface area (Å²) >= 11 is 1.99. The van der Waals surface area contributed by atoms with Gasteiger partial charge in [-0.3, -0.25) is 9.80 Å². The van der Waals surface area contributed by atoms with E-state index in [9.17, 15) is 0 Å². The van der Waals surface area contributed by atoms with Gasteiger partial charge >= 0.3 is 0 Å². The summed E-state index contributed by atoms with van der Waals surface area (Å²) in [5.74, 6) is 0. The molecule has 3 nitrogen and oxygen atoms in total. The van der Waals surface area contributed by atoms with Crippen molar-refractivity contribution in [3.05, 3.63) is 21.9 Å². The third kappa shape index (κ3) is 3.86. The van der Waals surface area contributed by atoms with Gasteiger partial charge in [-0.2, -0.15) is 0 Å². The van der Waals surface area contributed by atoms with Crippen molar-refractivity contribution < 1.29 is 0 Å². The third-order valence-corrected chi connectivity index (χ3v) is 6.13. The maximum atomic E-state index is 3.50. The Balaban J connectivity index is 1.52. The van der Waals surface area contributed by atoms with E-state index < -0.39 is 0 Å². The van der Waals surface area contributed by atoms with Gasteiger partial charge in [0.05, 0.1) is 0 Å². The predicted octanol–water partition coefficient (Wildman–Crippen LogP) is 2.92. The summed E-state index contributed by atoms with van der Waals surface area (Å²) < 4.78 is 0. The van der Waals surface area contributed by atoms with Crippen LogP contribution in [0.15, 0.2) is 12.1 Å². The molecular formula is C17H29N3S. The summed E-state index contributed by atoms with van der Waals surface area (Å²) in [6.45, 7) is 8.05. The molecule has 0 amide bonds. The van der Waals surface area contributed by atoms with Crippen LogP contribution in [0.4, 0.5) is 0 Å². The molecule has 2 bridgehead atoms. The molecule has 1 aromatic rings. The molecule has 2 aliphatic rings. The highest BCUT2D eigenvalue weighted by atomic mass is 32.1. The number of likely N-dealkylation sites (N-methyl/N-ethyl adjacent to an activating group) is 1. The molecule has 118 valence electrons. The van der Waals surface area contributed by atoms with Gasteiger partial charge in [-0.05, 0) is 51.4 Å². The van der Waals surface area contributed by atoms with Crippen LogP contribution in [0.25, 0.3) is 0 Å². The van der Waals surface area contributed by atoms with Crippen molar-refractivity contribution in [2.45, 2.75) is 57.8 Å². The van der Waals surface area contributed by atoms with Crippen molar-refractivity contribution in [3.63, 3.8) is 0 Å². The van der Waals surface area contributed by atoms with Gasteiger partial charge in [0, 0.05) is 48.0 Å². The fourth-order valence-corrected chi connectivity index (χ4v) is 4.76. The third-order valence-electron chi connectivity index (χ3n) is 5.06. The van der Waals surface area contributed by atoms with E-state index in [0.29, 0.717) is 0 Å². The number of nitrogens with one attached hydrogen (secondary N) is 1. The van der Waals surface area contributed by atoms with Gasteiger partial charge in [-0.15, -0.1) is 11.3 Å².